The van der Waals surface area contributed by atoms with E-state index in [1.54, 1.807) is 18.2 Å². The predicted molar refractivity (Wildman–Crippen MR) is 81.3 cm³/mol. The zero-order valence-corrected chi connectivity index (χ0v) is 12.4. The van der Waals surface area contributed by atoms with Crippen molar-refractivity contribution in [1.29, 1.82) is 0 Å². The van der Waals surface area contributed by atoms with Crippen molar-refractivity contribution in [1.82, 2.24) is 0 Å². The van der Waals surface area contributed by atoms with Crippen LogP contribution in [0.15, 0.2) is 60.7 Å². The number of benzene rings is 1. The highest BCUT2D eigenvalue weighted by molar-refractivity contribution is 7.85. The van der Waals surface area contributed by atoms with E-state index >= 15 is 0 Å². The summed E-state index contributed by atoms with van der Waals surface area (Å²) >= 11 is 0. The topological polar surface area (TPSA) is 101 Å². The van der Waals surface area contributed by atoms with Crippen LogP contribution in [0.25, 0.3) is 6.08 Å². The molecular formula is C15H16O6S. The summed E-state index contributed by atoms with van der Waals surface area (Å²) in [6.07, 6.45) is 4.38. The van der Waals surface area contributed by atoms with E-state index < -0.39 is 22.3 Å². The fraction of sp³-hybridized carbons (Fsp3) is 0.133. The Hall–Kier alpha value is -2.22. The summed E-state index contributed by atoms with van der Waals surface area (Å²) in [6, 6.07) is 6.10. The van der Waals surface area contributed by atoms with Crippen LogP contribution in [-0.4, -0.2) is 30.2 Å². The Morgan fingerprint density at radius 3 is 2.32 bits per heavy atom. The van der Waals surface area contributed by atoms with Crippen molar-refractivity contribution >= 4 is 22.0 Å². The van der Waals surface area contributed by atoms with Gasteiger partial charge in [-0.3, -0.25) is 9.35 Å². The van der Waals surface area contributed by atoms with Crippen LogP contribution >= 0.6 is 0 Å². The Labute approximate surface area is 128 Å². The van der Waals surface area contributed by atoms with E-state index in [1.165, 1.54) is 30.5 Å². The lowest BCUT2D eigenvalue weighted by atomic mass is 10.0. The quantitative estimate of drug-likeness (QED) is 0.649. The van der Waals surface area contributed by atoms with Gasteiger partial charge >= 0.3 is 0 Å². The molecule has 0 saturated heterocycles. The monoisotopic (exact) mass is 324 g/mol. The standard InChI is InChI=1S/C8H8O3S.C7H8O3/c1-2-7-5-3-4-6-8(7)12(9,10)11;1-2-5-3-4-10-7(9)6(5)8/h2-6H,1H2,(H,9,10,11);2-5,7,9H,1H2. The van der Waals surface area contributed by atoms with Gasteiger partial charge < -0.3 is 9.84 Å². The number of hydrogen-bond acceptors (Lipinski definition) is 5. The molecule has 0 saturated carbocycles. The second-order valence-electron chi connectivity index (χ2n) is 4.20. The lowest BCUT2D eigenvalue weighted by Crippen LogP contribution is -2.30. The van der Waals surface area contributed by atoms with E-state index in [2.05, 4.69) is 17.9 Å². The molecule has 1 aliphatic rings. The second-order valence-corrected chi connectivity index (χ2v) is 5.59. The van der Waals surface area contributed by atoms with Gasteiger partial charge in [-0.25, -0.2) is 0 Å². The lowest BCUT2D eigenvalue weighted by Gasteiger charge is -2.16. The summed E-state index contributed by atoms with van der Waals surface area (Å²) in [5.41, 5.74) is 0.403. The van der Waals surface area contributed by atoms with Crippen LogP contribution in [0.3, 0.4) is 0 Å². The van der Waals surface area contributed by atoms with Gasteiger partial charge in [0.25, 0.3) is 16.4 Å². The maximum absolute atomic E-state index is 10.9. The SMILES string of the molecule is C=CC1C=COC(O)C1=O.C=Cc1ccccc1S(=O)(=O)O. The molecule has 7 heteroatoms. The Kier molecular flexibility index (Phi) is 6.24. The predicted octanol–water partition coefficient (Wildman–Crippen LogP) is 1.80. The number of allylic oxidation sites excluding steroid dienone is 2. The number of ether oxygens (including phenoxy) is 1. The van der Waals surface area contributed by atoms with Crippen LogP contribution in [0.2, 0.25) is 0 Å². The number of Topliss-reactive ketones (excluding diaryl/α,β-unsaturated/α-hetero) is 1. The van der Waals surface area contributed by atoms with Gasteiger partial charge in [0.2, 0.25) is 5.78 Å². The normalized spacial score (nSPS) is 20.4. The van der Waals surface area contributed by atoms with Crippen LogP contribution in [0.4, 0.5) is 0 Å². The average molecular weight is 324 g/mol. The number of aliphatic hydroxyl groups is 1. The van der Waals surface area contributed by atoms with Gasteiger partial charge in [0.15, 0.2) is 0 Å². The maximum atomic E-state index is 10.9. The molecule has 0 aliphatic carbocycles. The van der Waals surface area contributed by atoms with E-state index in [4.69, 9.17) is 9.66 Å². The summed E-state index contributed by atoms with van der Waals surface area (Å²) in [7, 11) is -4.12. The lowest BCUT2D eigenvalue weighted by molar-refractivity contribution is -0.150. The molecule has 2 rings (SSSR count). The third-order valence-electron chi connectivity index (χ3n) is 2.74. The molecule has 2 atom stereocenters. The third-order valence-corrected chi connectivity index (χ3v) is 3.66. The zero-order chi connectivity index (χ0) is 16.8. The maximum Gasteiger partial charge on any atom is 0.295 e. The average Bonchev–Trinajstić information content (AvgIpc) is 2.50. The smallest absolute Gasteiger partial charge is 0.295 e. The molecule has 6 nitrogen and oxygen atoms in total. The summed E-state index contributed by atoms with van der Waals surface area (Å²) < 4.78 is 34.7. The number of ketones is 1. The Morgan fingerprint density at radius 2 is 1.86 bits per heavy atom. The first kappa shape index (κ1) is 17.8. The molecule has 1 aromatic rings. The number of carbonyl (C=O) groups excluding carboxylic acids is 1. The molecule has 1 heterocycles. The molecule has 22 heavy (non-hydrogen) atoms. The zero-order valence-electron chi connectivity index (χ0n) is 11.6. The third kappa shape index (κ3) is 4.66. The highest BCUT2D eigenvalue weighted by Gasteiger charge is 2.24. The molecule has 118 valence electrons. The number of carbonyl (C=O) groups is 1. The summed E-state index contributed by atoms with van der Waals surface area (Å²) in [5.74, 6) is -0.763. The number of rotatable bonds is 3. The minimum absolute atomic E-state index is 0.111. The van der Waals surface area contributed by atoms with Gasteiger partial charge in [0.1, 0.15) is 4.90 Å². The van der Waals surface area contributed by atoms with Crippen LogP contribution in [0.5, 0.6) is 0 Å². The first-order valence-corrected chi connectivity index (χ1v) is 7.60. The molecule has 0 spiro atoms. The minimum atomic E-state index is -4.12. The van der Waals surface area contributed by atoms with Gasteiger partial charge in [0.05, 0.1) is 12.2 Å². The van der Waals surface area contributed by atoms with E-state index in [0.29, 0.717) is 5.56 Å². The summed E-state index contributed by atoms with van der Waals surface area (Å²) in [6.45, 7) is 6.86. The molecular weight excluding hydrogens is 308 g/mol. The molecule has 0 amide bonds. The number of hydrogen-bond donors (Lipinski definition) is 2. The van der Waals surface area contributed by atoms with Crippen molar-refractivity contribution < 1.29 is 27.6 Å². The largest absolute Gasteiger partial charge is 0.465 e. The minimum Gasteiger partial charge on any atom is -0.465 e. The van der Waals surface area contributed by atoms with E-state index in [9.17, 15) is 13.2 Å². The van der Waals surface area contributed by atoms with Gasteiger partial charge in [-0.2, -0.15) is 8.42 Å². The Balaban J connectivity index is 0.000000224. The molecule has 2 unspecified atom stereocenters. The molecule has 2 N–H and O–H groups in total. The molecule has 0 radical (unpaired) electrons. The van der Waals surface area contributed by atoms with Crippen molar-refractivity contribution in [2.75, 3.05) is 0 Å². The summed E-state index contributed by atoms with van der Waals surface area (Å²) in [5, 5.41) is 8.81. The molecule has 1 aliphatic heterocycles. The van der Waals surface area contributed by atoms with Crippen molar-refractivity contribution in [3.63, 3.8) is 0 Å². The fourth-order valence-corrected chi connectivity index (χ4v) is 2.31. The molecule has 0 bridgehead atoms. The summed E-state index contributed by atoms with van der Waals surface area (Å²) in [4.78, 5) is 10.7. The van der Waals surface area contributed by atoms with E-state index in [1.807, 2.05) is 0 Å². The number of aliphatic hydroxyl groups excluding tert-OH is 1. The van der Waals surface area contributed by atoms with E-state index in [-0.39, 0.29) is 10.7 Å². The Bertz CT molecular complexity index is 690. The molecule has 1 aromatic carbocycles. The molecule has 0 fully saturated rings. The first-order valence-electron chi connectivity index (χ1n) is 6.16. The highest BCUT2D eigenvalue weighted by Crippen LogP contribution is 2.15. The highest BCUT2D eigenvalue weighted by atomic mass is 32.2. The van der Waals surface area contributed by atoms with E-state index in [0.717, 1.165) is 0 Å². The molecule has 0 aromatic heterocycles. The van der Waals surface area contributed by atoms with Crippen LogP contribution in [0.1, 0.15) is 5.56 Å². The van der Waals surface area contributed by atoms with Crippen molar-refractivity contribution in [3.05, 3.63) is 61.4 Å². The van der Waals surface area contributed by atoms with Gasteiger partial charge in [-0.05, 0) is 17.7 Å². The van der Waals surface area contributed by atoms with Crippen molar-refractivity contribution in [2.45, 2.75) is 11.2 Å². The van der Waals surface area contributed by atoms with Gasteiger partial charge in [0, 0.05) is 0 Å². The van der Waals surface area contributed by atoms with Crippen molar-refractivity contribution in [3.8, 4) is 0 Å². The van der Waals surface area contributed by atoms with Gasteiger partial charge in [-0.1, -0.05) is 36.9 Å². The fourth-order valence-electron chi connectivity index (χ4n) is 1.61. The van der Waals surface area contributed by atoms with Gasteiger partial charge in [-0.15, -0.1) is 6.58 Å². The van der Waals surface area contributed by atoms with Crippen LogP contribution in [-0.2, 0) is 19.6 Å². The second kappa shape index (κ2) is 7.69. The Morgan fingerprint density at radius 1 is 1.23 bits per heavy atom. The van der Waals surface area contributed by atoms with Crippen LogP contribution in [0, 0.1) is 5.92 Å². The van der Waals surface area contributed by atoms with Crippen LogP contribution < -0.4 is 0 Å². The first-order chi connectivity index (χ1) is 10.3. The van der Waals surface area contributed by atoms with Crippen molar-refractivity contribution in [2.24, 2.45) is 5.92 Å².